The van der Waals surface area contributed by atoms with E-state index in [4.69, 9.17) is 19.9 Å². The van der Waals surface area contributed by atoms with Gasteiger partial charge in [0.1, 0.15) is 18.2 Å². The molecule has 24 nitrogen and oxygen atoms in total. The number of Topliss-reactive ketones (excluding diaryl/α,β-unsaturated/α-hetero) is 4. The van der Waals surface area contributed by atoms with Crippen molar-refractivity contribution in [2.24, 2.45) is 53.1 Å². The summed E-state index contributed by atoms with van der Waals surface area (Å²) in [4.78, 5) is 160. The fourth-order valence-corrected chi connectivity index (χ4v) is 14.1. The van der Waals surface area contributed by atoms with E-state index in [1.807, 2.05) is 77.0 Å². The van der Waals surface area contributed by atoms with Crippen molar-refractivity contribution in [2.75, 3.05) is 66.6 Å². The lowest BCUT2D eigenvalue weighted by Crippen LogP contribution is -2.51. The second-order valence-electron chi connectivity index (χ2n) is 27.9. The molecule has 2 aromatic carbocycles. The maximum Gasteiger partial charge on any atom is 0.410 e. The maximum atomic E-state index is 13.7. The van der Waals surface area contributed by atoms with Gasteiger partial charge in [-0.1, -0.05) is 118 Å². The van der Waals surface area contributed by atoms with Crippen LogP contribution in [0.25, 0.3) is 0 Å². The first-order valence-electron chi connectivity index (χ1n) is 35.1. The smallest absolute Gasteiger partial charge is 0.410 e. The summed E-state index contributed by atoms with van der Waals surface area (Å²) >= 11 is 1.36. The molecule has 3 unspecified atom stereocenters. The number of carbonyl (C=O) groups is 12. The normalized spacial score (nSPS) is 17.7. The van der Waals surface area contributed by atoms with E-state index in [0.29, 0.717) is 62.4 Å². The quantitative estimate of drug-likeness (QED) is 0.0305. The Bertz CT molecular complexity index is 2970. The number of hydrogen-bond acceptors (Lipinski definition) is 17. The number of nitrogens with one attached hydrogen (secondary N) is 3. The standard InChI is InChI=1S/C44H68N6O10S.C30H48N2O6/c1-26(2)33(29(7)51)23-35(53)40(28(5)6)49(8)44(59)60-25-30-16-18-32(19-17-30)47-41(56)31(14-13-20-46-43(45)58)22-34(52)39(27(3)4)48-37(54)15-11-10-12-21-50-38(55)24-36(61-9)42(50)57;1-8-20(2)28(31(4)5)26(37-6)19-27(34)32-16-12-15-24(32)29(38-7)21(3)25(33)18-23(30(35)36)17-22-13-10-9-11-14-22/h16-19,26-28,31,33,36,39-40H,10-15,20-25H2,1-9H3,(H,47,56)(H,48,54)(H3,45,46,58);9-11,13-14,20-21,23-24,26,28-29H,8,12,15-19H2,1-7H3,(H,35,36)/t31-,33+,36?,39?,40+;20-,21-,23+,24-,26+,28?,29+/m10/s1. The number of nitrogens with two attached hydrogens (primary N) is 1. The Labute approximate surface area is 591 Å². The number of ether oxygens (including phenoxy) is 3. The molecule has 12 atom stereocenters. The van der Waals surface area contributed by atoms with Crippen molar-refractivity contribution in [1.82, 2.24) is 30.2 Å². The Balaban J connectivity index is 0.000000573. The van der Waals surface area contributed by atoms with Crippen LogP contribution in [0.4, 0.5) is 15.3 Å². The first-order valence-corrected chi connectivity index (χ1v) is 36.4. The van der Waals surface area contributed by atoms with Crippen LogP contribution >= 0.6 is 11.8 Å². The molecule has 2 saturated heterocycles. The number of anilines is 1. The molecule has 0 saturated carbocycles. The van der Waals surface area contributed by atoms with Crippen molar-refractivity contribution in [3.8, 4) is 0 Å². The van der Waals surface area contributed by atoms with Gasteiger partial charge in [0, 0.05) is 102 Å². The van der Waals surface area contributed by atoms with Crippen LogP contribution in [-0.2, 0) is 75.2 Å². The number of nitrogens with zero attached hydrogens (tertiary/aromatic N) is 4. The van der Waals surface area contributed by atoms with Gasteiger partial charge in [0.15, 0.2) is 11.6 Å². The first-order chi connectivity index (χ1) is 46.7. The minimum atomic E-state index is -0.983. The van der Waals surface area contributed by atoms with Gasteiger partial charge in [-0.05, 0) is 119 Å². The zero-order chi connectivity index (χ0) is 74.4. The third-order valence-corrected chi connectivity index (χ3v) is 20.2. The lowest BCUT2D eigenvalue weighted by molar-refractivity contribution is -0.146. The van der Waals surface area contributed by atoms with Crippen LogP contribution in [-0.4, -0.2) is 198 Å². The number of benzene rings is 2. The molecule has 2 aliphatic rings. The van der Waals surface area contributed by atoms with Gasteiger partial charge in [0.2, 0.25) is 29.5 Å². The number of carboxylic acid groups (broad SMARTS) is 1. The van der Waals surface area contributed by atoms with Crippen LogP contribution in [0.2, 0.25) is 0 Å². The van der Waals surface area contributed by atoms with Crippen LogP contribution in [0.3, 0.4) is 0 Å². The van der Waals surface area contributed by atoms with E-state index >= 15 is 0 Å². The first kappa shape index (κ1) is 86.1. The summed E-state index contributed by atoms with van der Waals surface area (Å²) in [5.41, 5.74) is 7.13. The van der Waals surface area contributed by atoms with E-state index in [1.165, 1.54) is 35.5 Å². The van der Waals surface area contributed by atoms with Crippen molar-refractivity contribution < 1.29 is 76.9 Å². The molecule has 6 N–H and O–H groups in total. The number of thioether (sulfide) groups is 1. The molecule has 0 radical (unpaired) electrons. The molecule has 4 rings (SSSR count). The van der Waals surface area contributed by atoms with Crippen LogP contribution in [0.5, 0.6) is 0 Å². The molecule has 2 aliphatic heterocycles. The number of unbranched alkanes of at least 4 members (excludes halogenated alkanes) is 2. The van der Waals surface area contributed by atoms with E-state index in [9.17, 15) is 62.6 Å². The number of carboxylic acids is 1. The molecule has 0 aromatic heterocycles. The molecule has 25 heteroatoms. The van der Waals surface area contributed by atoms with E-state index < -0.39 is 65.9 Å². The second kappa shape index (κ2) is 43.5. The summed E-state index contributed by atoms with van der Waals surface area (Å²) in [6.07, 6.45) is 5.92. The minimum Gasteiger partial charge on any atom is -0.481 e. The van der Waals surface area contributed by atoms with Crippen LogP contribution in [0, 0.1) is 47.3 Å². The summed E-state index contributed by atoms with van der Waals surface area (Å²) in [5, 5.41) is 17.6. The van der Waals surface area contributed by atoms with Crippen LogP contribution in [0.15, 0.2) is 54.6 Å². The van der Waals surface area contributed by atoms with Crippen molar-refractivity contribution in [3.05, 3.63) is 65.7 Å². The molecular weight excluding hydrogens is 1290 g/mol. The van der Waals surface area contributed by atoms with Crippen molar-refractivity contribution >= 4 is 88.2 Å². The van der Waals surface area contributed by atoms with Gasteiger partial charge in [0.25, 0.3) is 0 Å². The molecule has 8 amide bonds. The van der Waals surface area contributed by atoms with Gasteiger partial charge in [-0.25, -0.2) is 9.59 Å². The van der Waals surface area contributed by atoms with Crippen molar-refractivity contribution in [1.29, 1.82) is 0 Å². The highest BCUT2D eigenvalue weighted by Crippen LogP contribution is 2.32. The molecule has 2 fully saturated rings. The van der Waals surface area contributed by atoms with Gasteiger partial charge in [-0.2, -0.15) is 11.8 Å². The predicted molar refractivity (Wildman–Crippen MR) is 382 cm³/mol. The van der Waals surface area contributed by atoms with Crippen LogP contribution < -0.4 is 21.7 Å². The lowest BCUT2D eigenvalue weighted by Gasteiger charge is -2.38. The number of likely N-dealkylation sites (N-methyl/N-ethyl adjacent to an activating group) is 2. The average Bonchev–Trinajstić information content (AvgIpc) is 1.76. The number of likely N-dealkylation sites (tertiary alicyclic amines) is 2. The molecule has 0 bridgehead atoms. The van der Waals surface area contributed by atoms with Gasteiger partial charge in [0.05, 0.1) is 47.9 Å². The molecular formula is C74H116N8O16S. The summed E-state index contributed by atoms with van der Waals surface area (Å²) in [7, 11) is 8.76. The average molecular weight is 1410 g/mol. The largest absolute Gasteiger partial charge is 0.481 e. The van der Waals surface area contributed by atoms with Gasteiger partial charge >= 0.3 is 18.1 Å². The third kappa shape index (κ3) is 27.8. The fraction of sp³-hybridized carbons (Fsp3) is 0.676. The minimum absolute atomic E-state index is 0.00342. The number of carbonyl (C=O) groups excluding carboxylic acids is 11. The van der Waals surface area contributed by atoms with Gasteiger partial charge in [-0.15, -0.1) is 0 Å². The van der Waals surface area contributed by atoms with E-state index in [-0.39, 0.29) is 146 Å². The molecule has 2 aromatic rings. The Morgan fingerprint density at radius 1 is 0.758 bits per heavy atom. The lowest BCUT2D eigenvalue weighted by atomic mass is 9.84. The number of urea groups is 1. The van der Waals surface area contributed by atoms with Crippen LogP contribution in [0.1, 0.15) is 170 Å². The Kier molecular flexibility index (Phi) is 37.9. The number of rotatable bonds is 43. The summed E-state index contributed by atoms with van der Waals surface area (Å²) < 4.78 is 17.2. The topological polar surface area (TPSA) is 328 Å². The predicted octanol–water partition coefficient (Wildman–Crippen LogP) is 9.17. The number of amides is 8. The monoisotopic (exact) mass is 1400 g/mol. The highest BCUT2D eigenvalue weighted by molar-refractivity contribution is 8.00. The van der Waals surface area contributed by atoms with Gasteiger partial charge < -0.3 is 55.7 Å². The number of methoxy groups -OCH3 is 2. The van der Waals surface area contributed by atoms with Gasteiger partial charge in [-0.3, -0.25) is 52.8 Å². The summed E-state index contributed by atoms with van der Waals surface area (Å²) in [6.45, 7) is 19.6. The zero-order valence-corrected chi connectivity index (χ0v) is 62.5. The number of aliphatic carboxylic acids is 1. The highest BCUT2D eigenvalue weighted by atomic mass is 32.2. The zero-order valence-electron chi connectivity index (χ0n) is 61.6. The molecule has 0 spiro atoms. The number of hydrogen-bond donors (Lipinski definition) is 5. The number of imide groups is 1. The van der Waals surface area contributed by atoms with E-state index in [2.05, 4.69) is 34.7 Å². The Morgan fingerprint density at radius 2 is 1.40 bits per heavy atom. The summed E-state index contributed by atoms with van der Waals surface area (Å²) in [5.74, 6) is -5.56. The Morgan fingerprint density at radius 3 is 1.94 bits per heavy atom. The fourth-order valence-electron chi connectivity index (χ4n) is 13.4. The number of primary amides is 1. The van der Waals surface area contributed by atoms with E-state index in [0.717, 1.165) is 24.8 Å². The van der Waals surface area contributed by atoms with E-state index in [1.54, 1.807) is 65.5 Å². The molecule has 2 heterocycles. The molecule has 99 heavy (non-hydrogen) atoms. The molecule has 0 aliphatic carbocycles. The van der Waals surface area contributed by atoms with Crippen molar-refractivity contribution in [3.63, 3.8) is 0 Å². The second-order valence-corrected chi connectivity index (χ2v) is 28.9. The highest BCUT2D eigenvalue weighted by Gasteiger charge is 2.43. The summed E-state index contributed by atoms with van der Waals surface area (Å²) in [6, 6.07) is 13.5. The Hall–Kier alpha value is -7.09. The third-order valence-electron chi connectivity index (χ3n) is 19.2. The maximum absolute atomic E-state index is 13.7. The van der Waals surface area contributed by atoms with Crippen molar-refractivity contribution in [2.45, 2.75) is 214 Å². The molecule has 554 valence electrons. The SMILES string of the molecule is CC[C@H](C)C([C@@H](CC(=O)N1CCC[C@H]1[C@H](OC)[C@@H](C)C(=O)C[C@@H](Cc1ccccc1)C(=O)O)OC)N(C)C.CSC1CC(=O)N(CCCCCC(=O)NC(C(=O)C[C@@H](CCCNC(N)=O)C(=O)Nc2ccc(COC(=O)N(C)[C@H](C(=O)C[C@H](C(C)=O)C(C)C)C(C)C)cc2)C(C)C)C1=O. The number of ketones is 4.